The van der Waals surface area contributed by atoms with Crippen LogP contribution in [0.3, 0.4) is 0 Å². The molecule has 0 saturated carbocycles. The Kier molecular flexibility index (Phi) is 7.69. The fourth-order valence-corrected chi connectivity index (χ4v) is 2.86. The number of halogens is 1. The number of carbonyl (C=O) groups is 1. The van der Waals surface area contributed by atoms with Crippen molar-refractivity contribution in [3.8, 4) is 0 Å². The maximum Gasteiger partial charge on any atom is 0.336 e. The summed E-state index contributed by atoms with van der Waals surface area (Å²) in [5, 5.41) is 18.9. The number of esters is 1. The van der Waals surface area contributed by atoms with E-state index in [4.69, 9.17) is 14.6 Å². The molecule has 0 aromatic carbocycles. The van der Waals surface area contributed by atoms with Crippen LogP contribution in [0.15, 0.2) is 15.8 Å². The normalized spacial score (nSPS) is 22.1. The van der Waals surface area contributed by atoms with Crippen LogP contribution in [0.1, 0.15) is 51.7 Å². The molecule has 0 amide bonds. The molecule has 0 spiro atoms. The van der Waals surface area contributed by atoms with E-state index in [1.165, 1.54) is 0 Å². The molecule has 1 aliphatic rings. The van der Waals surface area contributed by atoms with Gasteiger partial charge in [0.15, 0.2) is 6.73 Å². The summed E-state index contributed by atoms with van der Waals surface area (Å²) < 4.78 is 25.5. The summed E-state index contributed by atoms with van der Waals surface area (Å²) in [5.41, 5.74) is -2.15. The summed E-state index contributed by atoms with van der Waals surface area (Å²) in [5.74, 6) is -1.81. The number of aliphatic hydroxyl groups excluding tert-OH is 2. The number of rotatable bonds is 9. The van der Waals surface area contributed by atoms with Gasteiger partial charge in [-0.15, -0.1) is 0 Å². The van der Waals surface area contributed by atoms with Crippen LogP contribution in [-0.4, -0.2) is 44.1 Å². The van der Waals surface area contributed by atoms with E-state index < -0.39 is 54.8 Å². The van der Waals surface area contributed by atoms with Gasteiger partial charge in [-0.1, -0.05) is 26.2 Å². The lowest BCUT2D eigenvalue weighted by Gasteiger charge is -2.16. The fourth-order valence-electron chi connectivity index (χ4n) is 2.86. The zero-order valence-electron chi connectivity index (χ0n) is 15.2. The molecule has 1 aromatic heterocycles. The van der Waals surface area contributed by atoms with Gasteiger partial charge in [0, 0.05) is 12.8 Å². The molecule has 2 N–H and O–H groups in total. The molecule has 9 nitrogen and oxygen atoms in total. The van der Waals surface area contributed by atoms with Crippen LogP contribution in [0.2, 0.25) is 0 Å². The second kappa shape index (κ2) is 9.77. The van der Waals surface area contributed by atoms with Crippen molar-refractivity contribution in [1.82, 2.24) is 9.13 Å². The monoisotopic (exact) mass is 388 g/mol. The Morgan fingerprint density at radius 2 is 2.11 bits per heavy atom. The first kappa shape index (κ1) is 21.3. The molecule has 0 radical (unpaired) electrons. The standard InChI is InChI=1S/C17H25FN2O7/c1-2-3-4-5-6-15(23)26-10-20-16(24)11(18)8-19(17(20)25)14-7-12(22)13(9-21)27-14/h8,12-14,21-22H,2-7,9-10H2,1H3/t12-,13+,14+/m0/s1. The second-order valence-electron chi connectivity index (χ2n) is 6.47. The molecular weight excluding hydrogens is 363 g/mol. The molecule has 1 saturated heterocycles. The summed E-state index contributed by atoms with van der Waals surface area (Å²) >= 11 is 0. The Hall–Kier alpha value is -2.04. The van der Waals surface area contributed by atoms with Gasteiger partial charge in [-0.2, -0.15) is 4.39 Å². The van der Waals surface area contributed by atoms with E-state index in [1.807, 2.05) is 6.92 Å². The van der Waals surface area contributed by atoms with Gasteiger partial charge < -0.3 is 19.7 Å². The number of hydrogen-bond donors (Lipinski definition) is 2. The van der Waals surface area contributed by atoms with Gasteiger partial charge in [0.2, 0.25) is 5.82 Å². The van der Waals surface area contributed by atoms with Crippen LogP contribution >= 0.6 is 0 Å². The number of hydrogen-bond acceptors (Lipinski definition) is 7. The summed E-state index contributed by atoms with van der Waals surface area (Å²) in [7, 11) is 0. The van der Waals surface area contributed by atoms with E-state index in [1.54, 1.807) is 0 Å². The lowest BCUT2D eigenvalue weighted by atomic mass is 10.2. The molecule has 2 rings (SSSR count). The van der Waals surface area contributed by atoms with Crippen molar-refractivity contribution in [3.05, 3.63) is 32.9 Å². The fraction of sp³-hybridized carbons (Fsp3) is 0.706. The number of nitrogens with zero attached hydrogens (tertiary/aromatic N) is 2. The summed E-state index contributed by atoms with van der Waals surface area (Å²) in [6, 6.07) is 0. The van der Waals surface area contributed by atoms with Gasteiger partial charge in [-0.3, -0.25) is 14.2 Å². The highest BCUT2D eigenvalue weighted by Crippen LogP contribution is 2.27. The van der Waals surface area contributed by atoms with E-state index in [-0.39, 0.29) is 12.8 Å². The molecule has 0 bridgehead atoms. The lowest BCUT2D eigenvalue weighted by Crippen LogP contribution is -2.43. The van der Waals surface area contributed by atoms with Crippen molar-refractivity contribution in [3.63, 3.8) is 0 Å². The minimum Gasteiger partial charge on any atom is -0.444 e. The van der Waals surface area contributed by atoms with Crippen molar-refractivity contribution in [2.45, 2.75) is 70.6 Å². The molecule has 1 aliphatic heterocycles. The highest BCUT2D eigenvalue weighted by molar-refractivity contribution is 5.69. The Morgan fingerprint density at radius 1 is 1.37 bits per heavy atom. The Balaban J connectivity index is 2.11. The highest BCUT2D eigenvalue weighted by atomic mass is 19.1. The third kappa shape index (κ3) is 5.24. The van der Waals surface area contributed by atoms with Crippen molar-refractivity contribution < 1.29 is 28.9 Å². The SMILES string of the molecule is CCCCCCC(=O)OCn1c(=O)c(F)cn([C@H]2C[C@H](O)[C@@H](CO)O2)c1=O. The van der Waals surface area contributed by atoms with Crippen LogP contribution < -0.4 is 11.2 Å². The number of ether oxygens (including phenoxy) is 2. The van der Waals surface area contributed by atoms with Gasteiger partial charge in [0.05, 0.1) is 18.9 Å². The van der Waals surface area contributed by atoms with Gasteiger partial charge in [-0.05, 0) is 6.42 Å². The maximum absolute atomic E-state index is 14.0. The molecule has 2 heterocycles. The third-order valence-corrected chi connectivity index (χ3v) is 4.44. The number of aromatic nitrogens is 2. The lowest BCUT2D eigenvalue weighted by molar-refractivity contribution is -0.148. The zero-order chi connectivity index (χ0) is 20.0. The second-order valence-corrected chi connectivity index (χ2v) is 6.47. The maximum atomic E-state index is 14.0. The average molecular weight is 388 g/mol. The molecule has 152 valence electrons. The zero-order valence-corrected chi connectivity index (χ0v) is 15.2. The first-order valence-electron chi connectivity index (χ1n) is 9.00. The number of aliphatic hydroxyl groups is 2. The molecule has 27 heavy (non-hydrogen) atoms. The molecule has 1 fully saturated rings. The van der Waals surface area contributed by atoms with Crippen LogP contribution in [0.25, 0.3) is 0 Å². The molecular formula is C17H25FN2O7. The minimum atomic E-state index is -1.22. The molecule has 0 unspecified atom stereocenters. The van der Waals surface area contributed by atoms with Crippen LogP contribution in [0.4, 0.5) is 4.39 Å². The smallest absolute Gasteiger partial charge is 0.336 e. The summed E-state index contributed by atoms with van der Waals surface area (Å²) in [6.45, 7) is 0.862. The van der Waals surface area contributed by atoms with Gasteiger partial charge >= 0.3 is 11.7 Å². The van der Waals surface area contributed by atoms with Crippen LogP contribution in [-0.2, 0) is 21.0 Å². The molecule has 10 heteroatoms. The Labute approximate surface area is 154 Å². The van der Waals surface area contributed by atoms with Crippen molar-refractivity contribution in [1.29, 1.82) is 0 Å². The largest absolute Gasteiger partial charge is 0.444 e. The average Bonchev–Trinajstić information content (AvgIpc) is 3.02. The Morgan fingerprint density at radius 3 is 2.74 bits per heavy atom. The first-order valence-corrected chi connectivity index (χ1v) is 9.00. The first-order chi connectivity index (χ1) is 12.9. The van der Waals surface area contributed by atoms with E-state index in [0.717, 1.165) is 23.8 Å². The van der Waals surface area contributed by atoms with E-state index >= 15 is 0 Å². The van der Waals surface area contributed by atoms with Crippen molar-refractivity contribution in [2.24, 2.45) is 0 Å². The summed E-state index contributed by atoms with van der Waals surface area (Å²) in [4.78, 5) is 36.1. The predicted octanol–water partition coefficient (Wildman–Crippen LogP) is 0.261. The van der Waals surface area contributed by atoms with Gasteiger partial charge in [0.25, 0.3) is 5.56 Å². The number of carbonyl (C=O) groups excluding carboxylic acids is 1. The van der Waals surface area contributed by atoms with Crippen LogP contribution in [0, 0.1) is 5.82 Å². The van der Waals surface area contributed by atoms with Crippen molar-refractivity contribution in [2.75, 3.05) is 6.61 Å². The minimum absolute atomic E-state index is 0.0556. The van der Waals surface area contributed by atoms with E-state index in [9.17, 15) is 23.9 Å². The molecule has 3 atom stereocenters. The van der Waals surface area contributed by atoms with Gasteiger partial charge in [0.1, 0.15) is 12.3 Å². The van der Waals surface area contributed by atoms with E-state index in [0.29, 0.717) is 17.2 Å². The van der Waals surface area contributed by atoms with Gasteiger partial charge in [-0.25, -0.2) is 9.36 Å². The quantitative estimate of drug-likeness (QED) is 0.460. The van der Waals surface area contributed by atoms with Crippen LogP contribution in [0.5, 0.6) is 0 Å². The molecule has 0 aliphatic carbocycles. The highest BCUT2D eigenvalue weighted by Gasteiger charge is 2.35. The van der Waals surface area contributed by atoms with Crippen molar-refractivity contribution >= 4 is 5.97 Å². The third-order valence-electron chi connectivity index (χ3n) is 4.44. The summed E-state index contributed by atoms with van der Waals surface area (Å²) in [6.07, 6.45) is 1.29. The molecule has 1 aromatic rings. The number of unbranched alkanes of at least 4 members (excludes halogenated alkanes) is 3. The predicted molar refractivity (Wildman–Crippen MR) is 91.4 cm³/mol. The topological polar surface area (TPSA) is 120 Å². The van der Waals surface area contributed by atoms with E-state index in [2.05, 4.69) is 0 Å². The Bertz CT molecular complexity index is 761.